The Kier molecular flexibility index (Phi) is 5.98. The van der Waals surface area contributed by atoms with Gasteiger partial charge in [0.15, 0.2) is 0 Å². The van der Waals surface area contributed by atoms with Crippen LogP contribution in [0, 0.1) is 0 Å². The van der Waals surface area contributed by atoms with Crippen molar-refractivity contribution in [3.05, 3.63) is 59.2 Å². The molecule has 0 bridgehead atoms. The summed E-state index contributed by atoms with van der Waals surface area (Å²) in [5, 5.41) is 5.86. The lowest BCUT2D eigenvalue weighted by atomic mass is 10.1. The molecule has 0 aliphatic carbocycles. The highest BCUT2D eigenvalue weighted by Gasteiger charge is 2.16. The number of fused-ring (bicyclic) bond motifs is 1. The normalized spacial score (nSPS) is 16.9. The number of hydrogen-bond donors (Lipinski definition) is 2. The third kappa shape index (κ3) is 4.75. The van der Waals surface area contributed by atoms with Crippen LogP contribution in [0.15, 0.2) is 47.4 Å². The van der Waals surface area contributed by atoms with Gasteiger partial charge in [-0.3, -0.25) is 14.5 Å². The van der Waals surface area contributed by atoms with E-state index in [1.165, 1.54) is 31.5 Å². The van der Waals surface area contributed by atoms with Gasteiger partial charge >= 0.3 is 0 Å². The summed E-state index contributed by atoms with van der Waals surface area (Å²) >= 11 is 1.64. The van der Waals surface area contributed by atoms with Crippen molar-refractivity contribution in [3.63, 3.8) is 0 Å². The minimum Gasteiger partial charge on any atom is -0.348 e. The van der Waals surface area contributed by atoms with Crippen LogP contribution in [0.25, 0.3) is 0 Å². The second-order valence-corrected chi connectivity index (χ2v) is 8.48. The first-order chi connectivity index (χ1) is 13.7. The number of carbonyl (C=O) groups is 2. The highest BCUT2D eigenvalue weighted by Crippen LogP contribution is 2.31. The molecule has 2 amide bonds. The predicted molar refractivity (Wildman–Crippen MR) is 113 cm³/mol. The van der Waals surface area contributed by atoms with E-state index in [0.717, 1.165) is 28.4 Å². The zero-order chi connectivity index (χ0) is 19.3. The highest BCUT2D eigenvalue weighted by molar-refractivity contribution is 7.99. The third-order valence-corrected chi connectivity index (χ3v) is 6.26. The van der Waals surface area contributed by atoms with Crippen molar-refractivity contribution in [3.8, 4) is 0 Å². The first kappa shape index (κ1) is 19.0. The number of nitrogens with one attached hydrogen (secondary N) is 2. The molecule has 6 heteroatoms. The van der Waals surface area contributed by atoms with Crippen LogP contribution in [0.2, 0.25) is 0 Å². The number of benzene rings is 2. The summed E-state index contributed by atoms with van der Waals surface area (Å²) in [4.78, 5) is 27.8. The number of hydrogen-bond acceptors (Lipinski definition) is 4. The van der Waals surface area contributed by atoms with E-state index >= 15 is 0 Å². The third-order valence-electron chi connectivity index (χ3n) is 5.18. The quantitative estimate of drug-likeness (QED) is 0.811. The molecule has 1 saturated heterocycles. The van der Waals surface area contributed by atoms with Crippen LogP contribution in [0.4, 0.5) is 5.69 Å². The Hall–Kier alpha value is -2.31. The molecule has 5 nitrogen and oxygen atoms in total. The summed E-state index contributed by atoms with van der Waals surface area (Å²) in [5.41, 5.74) is 3.69. The number of thioether (sulfide) groups is 1. The largest absolute Gasteiger partial charge is 0.348 e. The van der Waals surface area contributed by atoms with E-state index in [-0.39, 0.29) is 11.8 Å². The number of carbonyl (C=O) groups excluding carboxylic acids is 2. The molecule has 0 aromatic heterocycles. The van der Waals surface area contributed by atoms with Crippen molar-refractivity contribution >= 4 is 29.3 Å². The molecule has 2 aliphatic rings. The molecular weight excluding hydrogens is 370 g/mol. The Balaban J connectivity index is 1.34. The van der Waals surface area contributed by atoms with Crippen LogP contribution in [0.3, 0.4) is 0 Å². The Morgan fingerprint density at radius 1 is 1.07 bits per heavy atom. The molecule has 1 fully saturated rings. The van der Waals surface area contributed by atoms with Crippen LogP contribution in [0.1, 0.15) is 40.7 Å². The lowest BCUT2D eigenvalue weighted by Gasteiger charge is -2.14. The molecule has 0 unspecified atom stereocenters. The number of rotatable bonds is 5. The number of likely N-dealkylation sites (tertiary alicyclic amines) is 1. The SMILES string of the molecule is O=C1CCSc2ccc(C(=O)NCc3ccc(CN4CCCC4)cc3)cc2N1. The van der Waals surface area contributed by atoms with E-state index < -0.39 is 0 Å². The van der Waals surface area contributed by atoms with Crippen molar-refractivity contribution in [2.24, 2.45) is 0 Å². The first-order valence-electron chi connectivity index (χ1n) is 9.82. The molecule has 4 rings (SSSR count). The van der Waals surface area contributed by atoms with Gasteiger partial charge in [0.1, 0.15) is 0 Å². The molecule has 28 heavy (non-hydrogen) atoms. The predicted octanol–water partition coefficient (Wildman–Crippen LogP) is 3.65. The van der Waals surface area contributed by atoms with E-state index in [0.29, 0.717) is 18.5 Å². The fourth-order valence-corrected chi connectivity index (χ4v) is 4.54. The van der Waals surface area contributed by atoms with Crippen molar-refractivity contribution in [2.75, 3.05) is 24.2 Å². The molecule has 2 aliphatic heterocycles. The van der Waals surface area contributed by atoms with E-state index in [4.69, 9.17) is 0 Å². The summed E-state index contributed by atoms with van der Waals surface area (Å²) in [6, 6.07) is 14.0. The van der Waals surface area contributed by atoms with Gasteiger partial charge in [0.2, 0.25) is 5.91 Å². The van der Waals surface area contributed by atoms with Crippen LogP contribution in [0.5, 0.6) is 0 Å². The lowest BCUT2D eigenvalue weighted by Crippen LogP contribution is -2.23. The standard InChI is InChI=1S/C22H25N3O2S/c26-21-9-12-28-20-8-7-18(13-19(20)24-21)22(27)23-14-16-3-5-17(6-4-16)15-25-10-1-2-11-25/h3-8,13H,1-2,9-12,14-15H2,(H,23,27)(H,24,26). The van der Waals surface area contributed by atoms with Gasteiger partial charge in [-0.05, 0) is 55.3 Å². The zero-order valence-electron chi connectivity index (χ0n) is 15.9. The number of nitrogens with zero attached hydrogens (tertiary/aromatic N) is 1. The fourth-order valence-electron chi connectivity index (χ4n) is 3.61. The number of anilines is 1. The van der Waals surface area contributed by atoms with Gasteiger partial charge in [-0.25, -0.2) is 0 Å². The topological polar surface area (TPSA) is 61.4 Å². The van der Waals surface area contributed by atoms with Crippen molar-refractivity contribution in [1.29, 1.82) is 0 Å². The molecule has 0 atom stereocenters. The van der Waals surface area contributed by atoms with Crippen molar-refractivity contribution < 1.29 is 9.59 Å². The summed E-state index contributed by atoms with van der Waals surface area (Å²) in [7, 11) is 0. The van der Waals surface area contributed by atoms with Crippen molar-refractivity contribution in [2.45, 2.75) is 37.2 Å². The first-order valence-corrected chi connectivity index (χ1v) is 10.8. The summed E-state index contributed by atoms with van der Waals surface area (Å²) in [6.07, 6.45) is 3.10. The number of amides is 2. The second-order valence-electron chi connectivity index (χ2n) is 7.34. The van der Waals surface area contributed by atoms with Gasteiger partial charge in [-0.15, -0.1) is 11.8 Å². The summed E-state index contributed by atoms with van der Waals surface area (Å²) in [5.74, 6) is 0.628. The maximum atomic E-state index is 12.5. The van der Waals surface area contributed by atoms with Crippen LogP contribution >= 0.6 is 11.8 Å². The molecular formula is C22H25N3O2S. The van der Waals surface area contributed by atoms with Crippen molar-refractivity contribution in [1.82, 2.24) is 10.2 Å². The minimum atomic E-state index is -0.132. The maximum Gasteiger partial charge on any atom is 0.251 e. The Morgan fingerprint density at radius 2 is 1.82 bits per heavy atom. The average molecular weight is 396 g/mol. The van der Waals surface area contributed by atoms with E-state index in [1.807, 2.05) is 12.1 Å². The maximum absolute atomic E-state index is 12.5. The molecule has 2 heterocycles. The average Bonchev–Trinajstić information content (AvgIpc) is 3.13. The molecule has 2 aromatic carbocycles. The molecule has 146 valence electrons. The van der Waals surface area contributed by atoms with Crippen LogP contribution < -0.4 is 10.6 Å². The van der Waals surface area contributed by atoms with Gasteiger partial charge in [0.25, 0.3) is 5.91 Å². The van der Waals surface area contributed by atoms with Gasteiger partial charge in [-0.2, -0.15) is 0 Å². The molecule has 0 saturated carbocycles. The molecule has 0 spiro atoms. The van der Waals surface area contributed by atoms with Gasteiger partial charge in [0.05, 0.1) is 5.69 Å². The Labute approximate surface area is 169 Å². The van der Waals surface area contributed by atoms with Crippen LogP contribution in [-0.4, -0.2) is 35.6 Å². The molecule has 2 N–H and O–H groups in total. The van der Waals surface area contributed by atoms with Gasteiger partial charge in [-0.1, -0.05) is 24.3 Å². The minimum absolute atomic E-state index is 0.00201. The van der Waals surface area contributed by atoms with Gasteiger partial charge in [0, 0.05) is 35.7 Å². The Morgan fingerprint density at radius 3 is 2.61 bits per heavy atom. The lowest BCUT2D eigenvalue weighted by molar-refractivity contribution is -0.115. The van der Waals surface area contributed by atoms with Gasteiger partial charge < -0.3 is 10.6 Å². The van der Waals surface area contributed by atoms with E-state index in [2.05, 4.69) is 39.8 Å². The van der Waals surface area contributed by atoms with Crippen LogP contribution in [-0.2, 0) is 17.9 Å². The molecule has 0 radical (unpaired) electrons. The fraction of sp³-hybridized carbons (Fsp3) is 0.364. The zero-order valence-corrected chi connectivity index (χ0v) is 16.7. The Bertz CT molecular complexity index is 861. The van der Waals surface area contributed by atoms with E-state index in [9.17, 15) is 9.59 Å². The molecule has 2 aromatic rings. The monoisotopic (exact) mass is 395 g/mol. The highest BCUT2D eigenvalue weighted by atomic mass is 32.2. The second kappa shape index (κ2) is 8.80. The summed E-state index contributed by atoms with van der Waals surface area (Å²) < 4.78 is 0. The van der Waals surface area contributed by atoms with E-state index in [1.54, 1.807) is 17.8 Å². The smallest absolute Gasteiger partial charge is 0.251 e. The summed E-state index contributed by atoms with van der Waals surface area (Å²) in [6.45, 7) is 3.88.